The second-order valence-corrected chi connectivity index (χ2v) is 4.41. The molecule has 1 N–H and O–H groups in total. The summed E-state index contributed by atoms with van der Waals surface area (Å²) in [5.74, 6) is 0. The fourth-order valence-corrected chi connectivity index (χ4v) is 2.24. The lowest BCUT2D eigenvalue weighted by molar-refractivity contribution is -0.143. The predicted octanol–water partition coefficient (Wildman–Crippen LogP) is 2.94. The summed E-state index contributed by atoms with van der Waals surface area (Å²) in [6, 6.07) is 8.34. The smallest absolute Gasteiger partial charge is 0.312 e. The van der Waals surface area contributed by atoms with Crippen LogP contribution in [0, 0.1) is 0 Å². The monoisotopic (exact) mass is 272 g/mol. The topological polar surface area (TPSA) is 45.8 Å². The molecule has 2 aromatic rings. The van der Waals surface area contributed by atoms with Crippen molar-refractivity contribution in [1.29, 1.82) is 0 Å². The molecule has 0 atom stereocenters. The van der Waals surface area contributed by atoms with Gasteiger partial charge in [0.05, 0.1) is 6.33 Å². The molecular formula is C11H7F3N2OS. The van der Waals surface area contributed by atoms with Crippen molar-refractivity contribution >= 4 is 11.8 Å². The number of halogens is 3. The largest absolute Gasteiger partial charge is 0.434 e. The number of hydrogen-bond donors (Lipinski definition) is 1. The van der Waals surface area contributed by atoms with E-state index in [1.165, 1.54) is 0 Å². The first-order chi connectivity index (χ1) is 8.48. The van der Waals surface area contributed by atoms with Crippen LogP contribution >= 0.6 is 11.8 Å². The SMILES string of the molecule is O=c1[nH]cnc(C(F)(F)F)c1Sc1ccccc1. The van der Waals surface area contributed by atoms with E-state index >= 15 is 0 Å². The van der Waals surface area contributed by atoms with Crippen LogP contribution in [0.5, 0.6) is 0 Å². The van der Waals surface area contributed by atoms with Crippen LogP contribution in [0.25, 0.3) is 0 Å². The summed E-state index contributed by atoms with van der Waals surface area (Å²) in [6.45, 7) is 0. The van der Waals surface area contributed by atoms with Crippen molar-refractivity contribution in [3.8, 4) is 0 Å². The molecular weight excluding hydrogens is 265 g/mol. The fourth-order valence-electron chi connectivity index (χ4n) is 1.29. The van der Waals surface area contributed by atoms with Gasteiger partial charge in [-0.15, -0.1) is 0 Å². The lowest BCUT2D eigenvalue weighted by Gasteiger charge is -2.09. The number of alkyl halides is 3. The van der Waals surface area contributed by atoms with Gasteiger partial charge in [-0.25, -0.2) is 4.98 Å². The van der Waals surface area contributed by atoms with Crippen LogP contribution in [0.4, 0.5) is 13.2 Å². The lowest BCUT2D eigenvalue weighted by atomic mass is 10.4. The first-order valence-corrected chi connectivity index (χ1v) is 5.68. The normalized spacial score (nSPS) is 11.5. The standard InChI is InChI=1S/C11H7F3N2OS/c12-11(13,14)9-8(10(17)16-6-15-9)18-7-4-2-1-3-5-7/h1-6H,(H,15,16,17). The third-order valence-corrected chi connectivity index (χ3v) is 3.13. The maximum atomic E-state index is 12.7. The van der Waals surface area contributed by atoms with E-state index < -0.39 is 22.3 Å². The molecule has 0 radical (unpaired) electrons. The molecule has 0 saturated carbocycles. The molecule has 0 aliphatic rings. The molecule has 1 heterocycles. The highest BCUT2D eigenvalue weighted by molar-refractivity contribution is 7.99. The summed E-state index contributed by atoms with van der Waals surface area (Å²) in [6.07, 6.45) is -3.90. The molecule has 0 bridgehead atoms. The average Bonchev–Trinajstić information content (AvgIpc) is 2.32. The molecule has 0 spiro atoms. The van der Waals surface area contributed by atoms with Gasteiger partial charge in [0.25, 0.3) is 5.56 Å². The zero-order chi connectivity index (χ0) is 13.2. The number of nitrogens with one attached hydrogen (secondary N) is 1. The Morgan fingerprint density at radius 2 is 1.83 bits per heavy atom. The second-order valence-electron chi connectivity index (χ2n) is 3.32. The van der Waals surface area contributed by atoms with Gasteiger partial charge in [-0.2, -0.15) is 13.2 Å². The Labute approximate surface area is 104 Å². The summed E-state index contributed by atoms with van der Waals surface area (Å²) in [5, 5.41) is 0. The minimum Gasteiger partial charge on any atom is -0.312 e. The van der Waals surface area contributed by atoms with E-state index in [1.54, 1.807) is 30.3 Å². The third kappa shape index (κ3) is 2.73. The number of rotatable bonds is 2. The molecule has 94 valence electrons. The van der Waals surface area contributed by atoms with Gasteiger partial charge in [0.2, 0.25) is 0 Å². The zero-order valence-corrected chi connectivity index (χ0v) is 9.68. The van der Waals surface area contributed by atoms with E-state index in [9.17, 15) is 18.0 Å². The average molecular weight is 272 g/mol. The number of benzene rings is 1. The number of aromatic nitrogens is 2. The molecule has 1 aromatic carbocycles. The third-order valence-electron chi connectivity index (χ3n) is 2.04. The van der Waals surface area contributed by atoms with Gasteiger partial charge < -0.3 is 4.98 Å². The van der Waals surface area contributed by atoms with Crippen LogP contribution in [0.15, 0.2) is 51.2 Å². The van der Waals surface area contributed by atoms with E-state index in [2.05, 4.69) is 9.97 Å². The van der Waals surface area contributed by atoms with Crippen molar-refractivity contribution in [2.75, 3.05) is 0 Å². The van der Waals surface area contributed by atoms with Gasteiger partial charge in [0, 0.05) is 4.90 Å². The minimum absolute atomic E-state index is 0.448. The Morgan fingerprint density at radius 3 is 2.44 bits per heavy atom. The Hall–Kier alpha value is -1.76. The van der Waals surface area contributed by atoms with E-state index in [4.69, 9.17) is 0 Å². The second kappa shape index (κ2) is 4.85. The van der Waals surface area contributed by atoms with Gasteiger partial charge in [-0.1, -0.05) is 30.0 Å². The first-order valence-electron chi connectivity index (χ1n) is 4.86. The predicted molar refractivity (Wildman–Crippen MR) is 60.4 cm³/mol. The Kier molecular flexibility index (Phi) is 3.42. The van der Waals surface area contributed by atoms with Crippen molar-refractivity contribution in [2.24, 2.45) is 0 Å². The van der Waals surface area contributed by atoms with E-state index in [0.717, 1.165) is 18.1 Å². The van der Waals surface area contributed by atoms with Crippen molar-refractivity contribution in [1.82, 2.24) is 9.97 Å². The first kappa shape index (κ1) is 12.7. The van der Waals surface area contributed by atoms with Gasteiger partial charge in [0.15, 0.2) is 5.69 Å². The van der Waals surface area contributed by atoms with E-state index in [1.807, 2.05) is 0 Å². The molecule has 1 aromatic heterocycles. The van der Waals surface area contributed by atoms with Crippen LogP contribution in [0.2, 0.25) is 0 Å². The molecule has 0 aliphatic heterocycles. The van der Waals surface area contributed by atoms with Crippen molar-refractivity contribution in [3.63, 3.8) is 0 Å². The minimum atomic E-state index is -4.65. The number of H-pyrrole nitrogens is 1. The Morgan fingerprint density at radius 1 is 1.17 bits per heavy atom. The van der Waals surface area contributed by atoms with Crippen LogP contribution in [-0.4, -0.2) is 9.97 Å². The highest BCUT2D eigenvalue weighted by Gasteiger charge is 2.36. The molecule has 3 nitrogen and oxygen atoms in total. The van der Waals surface area contributed by atoms with Crippen molar-refractivity contribution < 1.29 is 13.2 Å². The van der Waals surface area contributed by atoms with Crippen molar-refractivity contribution in [3.05, 3.63) is 52.7 Å². The summed E-state index contributed by atoms with van der Waals surface area (Å²) in [4.78, 5) is 16.9. The molecule has 0 saturated heterocycles. The van der Waals surface area contributed by atoms with E-state index in [-0.39, 0.29) is 0 Å². The highest BCUT2D eigenvalue weighted by Crippen LogP contribution is 2.35. The summed E-state index contributed by atoms with van der Waals surface area (Å²) in [7, 11) is 0. The summed E-state index contributed by atoms with van der Waals surface area (Å²) >= 11 is 0.741. The lowest BCUT2D eigenvalue weighted by Crippen LogP contribution is -2.19. The maximum Gasteiger partial charge on any atom is 0.434 e. The Balaban J connectivity index is 2.47. The molecule has 0 unspecified atom stereocenters. The number of nitrogens with zero attached hydrogens (tertiary/aromatic N) is 1. The molecule has 0 aliphatic carbocycles. The fraction of sp³-hybridized carbons (Fsp3) is 0.0909. The Bertz CT molecular complexity index is 595. The van der Waals surface area contributed by atoms with Crippen LogP contribution in [0.3, 0.4) is 0 Å². The van der Waals surface area contributed by atoms with Gasteiger partial charge in [-0.3, -0.25) is 4.79 Å². The van der Waals surface area contributed by atoms with Crippen LogP contribution in [-0.2, 0) is 6.18 Å². The molecule has 2 rings (SSSR count). The summed E-state index contributed by atoms with van der Waals surface area (Å²) in [5.41, 5.74) is -1.97. The molecule has 0 amide bonds. The van der Waals surface area contributed by atoms with Crippen LogP contribution in [0.1, 0.15) is 5.69 Å². The van der Waals surface area contributed by atoms with E-state index in [0.29, 0.717) is 4.90 Å². The maximum absolute atomic E-state index is 12.7. The summed E-state index contributed by atoms with van der Waals surface area (Å²) < 4.78 is 38.1. The highest BCUT2D eigenvalue weighted by atomic mass is 32.2. The van der Waals surface area contributed by atoms with Gasteiger partial charge in [0.1, 0.15) is 4.90 Å². The molecule has 0 fully saturated rings. The van der Waals surface area contributed by atoms with Gasteiger partial charge >= 0.3 is 6.18 Å². The number of aromatic amines is 1. The number of hydrogen-bond acceptors (Lipinski definition) is 3. The molecule has 18 heavy (non-hydrogen) atoms. The zero-order valence-electron chi connectivity index (χ0n) is 8.86. The van der Waals surface area contributed by atoms with Crippen molar-refractivity contribution in [2.45, 2.75) is 16.0 Å². The molecule has 7 heteroatoms. The van der Waals surface area contributed by atoms with Gasteiger partial charge in [-0.05, 0) is 12.1 Å². The quantitative estimate of drug-likeness (QED) is 0.914. The van der Waals surface area contributed by atoms with Crippen LogP contribution < -0.4 is 5.56 Å².